The van der Waals surface area contributed by atoms with Crippen LogP contribution < -0.4 is 0 Å². The second kappa shape index (κ2) is 6.05. The van der Waals surface area contributed by atoms with Crippen LogP contribution in [0.25, 0.3) is 10.9 Å². The highest BCUT2D eigenvalue weighted by Crippen LogP contribution is 2.30. The minimum absolute atomic E-state index is 0.00556. The Morgan fingerprint density at radius 1 is 1.25 bits per heavy atom. The molecule has 1 heterocycles. The maximum absolute atomic E-state index is 10.8. The third kappa shape index (κ3) is 3.17. The molecule has 0 unspecified atom stereocenters. The number of aromatic amines is 1. The topological polar surface area (TPSA) is 79.2 Å². The smallest absolute Gasteiger partial charge is 0.270 e. The zero-order valence-electron chi connectivity index (χ0n) is 12.7. The van der Waals surface area contributed by atoms with E-state index >= 15 is 0 Å². The van der Waals surface area contributed by atoms with E-state index in [1.54, 1.807) is 0 Å². The van der Waals surface area contributed by atoms with Gasteiger partial charge in [0, 0.05) is 34.2 Å². The second-order valence-corrected chi connectivity index (χ2v) is 5.42. The van der Waals surface area contributed by atoms with Crippen molar-refractivity contribution in [3.05, 3.63) is 39.6 Å². The van der Waals surface area contributed by atoms with Crippen LogP contribution in [0.1, 0.15) is 45.9 Å². The molecule has 2 rings (SSSR count). The molecule has 2 aromatic rings. The van der Waals surface area contributed by atoms with Gasteiger partial charge in [-0.1, -0.05) is 34.6 Å². The lowest BCUT2D eigenvalue weighted by molar-refractivity contribution is -0.384. The summed E-state index contributed by atoms with van der Waals surface area (Å²) in [6.07, 6.45) is 0. The number of fused-ring (bicyclic) bond motifs is 1. The number of rotatable bonds is 2. The van der Waals surface area contributed by atoms with Gasteiger partial charge in [-0.2, -0.15) is 0 Å². The summed E-state index contributed by atoms with van der Waals surface area (Å²) in [6.45, 7) is 9.96. The van der Waals surface area contributed by atoms with Crippen molar-refractivity contribution >= 4 is 16.6 Å². The van der Waals surface area contributed by atoms with Crippen LogP contribution in [0.3, 0.4) is 0 Å². The van der Waals surface area contributed by atoms with E-state index in [0.29, 0.717) is 5.56 Å². The first-order valence-electron chi connectivity index (χ1n) is 6.74. The molecule has 0 aliphatic rings. The number of hydrogen-bond acceptors (Lipinski definition) is 3. The van der Waals surface area contributed by atoms with Crippen molar-refractivity contribution in [1.29, 1.82) is 0 Å². The Kier molecular flexibility index (Phi) is 4.89. The summed E-state index contributed by atoms with van der Waals surface area (Å²) in [6, 6.07) is 4.84. The van der Waals surface area contributed by atoms with E-state index in [1.165, 1.54) is 12.1 Å². The van der Waals surface area contributed by atoms with Crippen LogP contribution >= 0.6 is 0 Å². The van der Waals surface area contributed by atoms with E-state index < -0.39 is 4.92 Å². The molecule has 0 atom stereocenters. The van der Waals surface area contributed by atoms with Gasteiger partial charge in [0.05, 0.1) is 17.0 Å². The number of nitro benzene ring substituents is 1. The molecule has 0 amide bonds. The number of H-pyrrole nitrogens is 1. The van der Waals surface area contributed by atoms with Gasteiger partial charge in [-0.15, -0.1) is 0 Å². The lowest BCUT2D eigenvalue weighted by Gasteiger charge is -2.15. The summed E-state index contributed by atoms with van der Waals surface area (Å²) in [5.41, 5.74) is 2.25. The third-order valence-corrected chi connectivity index (χ3v) is 2.98. The molecule has 0 spiro atoms. The molecule has 0 aliphatic heterocycles. The van der Waals surface area contributed by atoms with Crippen LogP contribution in [0, 0.1) is 10.1 Å². The number of aliphatic hydroxyl groups excluding tert-OH is 1. The van der Waals surface area contributed by atoms with Gasteiger partial charge in [0.2, 0.25) is 0 Å². The van der Waals surface area contributed by atoms with Crippen LogP contribution in [-0.4, -0.2) is 15.0 Å². The van der Waals surface area contributed by atoms with E-state index in [2.05, 4.69) is 25.8 Å². The number of nitro groups is 1. The standard InChI is InChI=1S/C13H16N2O3.C2H6/c1-13(2,3)11-6-8-4-10(15(17)18)5-9(7-16)12(8)14-11;1-2/h4-6,14,16H,7H2,1-3H3;1-2H3. The number of non-ortho nitro benzene ring substituents is 1. The van der Waals surface area contributed by atoms with Crippen LogP contribution in [-0.2, 0) is 12.0 Å². The zero-order valence-corrected chi connectivity index (χ0v) is 12.7. The van der Waals surface area contributed by atoms with Crippen molar-refractivity contribution in [2.75, 3.05) is 0 Å². The summed E-state index contributed by atoms with van der Waals surface area (Å²) in [4.78, 5) is 13.6. The minimum atomic E-state index is -0.442. The number of nitrogens with zero attached hydrogens (tertiary/aromatic N) is 1. The quantitative estimate of drug-likeness (QED) is 0.646. The van der Waals surface area contributed by atoms with Gasteiger partial charge in [0.25, 0.3) is 5.69 Å². The molecule has 1 aromatic carbocycles. The summed E-state index contributed by atoms with van der Waals surface area (Å²) >= 11 is 0. The Bertz CT molecular complexity index is 609. The van der Waals surface area contributed by atoms with Gasteiger partial charge in [-0.25, -0.2) is 0 Å². The molecule has 0 fully saturated rings. The van der Waals surface area contributed by atoms with Crippen molar-refractivity contribution in [1.82, 2.24) is 4.98 Å². The predicted octanol–water partition coefficient (Wildman–Crippen LogP) is 3.89. The van der Waals surface area contributed by atoms with Crippen molar-refractivity contribution in [3.8, 4) is 0 Å². The molecule has 5 heteroatoms. The highest BCUT2D eigenvalue weighted by atomic mass is 16.6. The van der Waals surface area contributed by atoms with Crippen molar-refractivity contribution in [3.63, 3.8) is 0 Å². The molecule has 0 aliphatic carbocycles. The second-order valence-electron chi connectivity index (χ2n) is 5.42. The van der Waals surface area contributed by atoms with Gasteiger partial charge in [0.15, 0.2) is 0 Å². The summed E-state index contributed by atoms with van der Waals surface area (Å²) < 4.78 is 0. The Morgan fingerprint density at radius 2 is 1.85 bits per heavy atom. The Hall–Kier alpha value is -1.88. The van der Waals surface area contributed by atoms with Gasteiger partial charge in [-0.3, -0.25) is 10.1 Å². The molecule has 2 N–H and O–H groups in total. The van der Waals surface area contributed by atoms with Crippen LogP contribution in [0.15, 0.2) is 18.2 Å². The average Bonchev–Trinajstić information content (AvgIpc) is 2.83. The first-order chi connectivity index (χ1) is 9.32. The lowest BCUT2D eigenvalue weighted by Crippen LogP contribution is -2.11. The fourth-order valence-corrected chi connectivity index (χ4v) is 1.94. The fourth-order valence-electron chi connectivity index (χ4n) is 1.94. The SMILES string of the molecule is CC.CC(C)(C)c1cc2cc([N+](=O)[O-])cc(CO)c2[nH]1. The molecule has 5 nitrogen and oxygen atoms in total. The molecule has 0 radical (unpaired) electrons. The van der Waals surface area contributed by atoms with Crippen molar-refractivity contribution in [2.45, 2.75) is 46.6 Å². The third-order valence-electron chi connectivity index (χ3n) is 2.98. The lowest BCUT2D eigenvalue weighted by atomic mass is 9.92. The van der Waals surface area contributed by atoms with Crippen molar-refractivity contribution < 1.29 is 10.0 Å². The first-order valence-corrected chi connectivity index (χ1v) is 6.74. The van der Waals surface area contributed by atoms with Gasteiger partial charge >= 0.3 is 0 Å². The molecule has 20 heavy (non-hydrogen) atoms. The van der Waals surface area contributed by atoms with Crippen LogP contribution in [0.2, 0.25) is 0 Å². The molecule has 0 saturated carbocycles. The number of hydrogen-bond donors (Lipinski definition) is 2. The summed E-state index contributed by atoms with van der Waals surface area (Å²) in [5.74, 6) is 0. The maximum Gasteiger partial charge on any atom is 0.270 e. The molecular weight excluding hydrogens is 256 g/mol. The number of benzene rings is 1. The van der Waals surface area contributed by atoms with Crippen LogP contribution in [0.5, 0.6) is 0 Å². The highest BCUT2D eigenvalue weighted by Gasteiger charge is 2.19. The highest BCUT2D eigenvalue weighted by molar-refractivity contribution is 5.86. The fraction of sp³-hybridized carbons (Fsp3) is 0.467. The number of aliphatic hydroxyl groups is 1. The first kappa shape index (κ1) is 16.2. The maximum atomic E-state index is 10.8. The molecular formula is C15H22N2O3. The van der Waals surface area contributed by atoms with Gasteiger partial charge in [0.1, 0.15) is 0 Å². The van der Waals surface area contributed by atoms with Crippen LogP contribution in [0.4, 0.5) is 5.69 Å². The summed E-state index contributed by atoms with van der Waals surface area (Å²) in [7, 11) is 0. The molecule has 0 bridgehead atoms. The van der Waals surface area contributed by atoms with Gasteiger partial charge < -0.3 is 10.1 Å². The van der Waals surface area contributed by atoms with E-state index in [1.807, 2.05) is 19.9 Å². The van der Waals surface area contributed by atoms with E-state index in [4.69, 9.17) is 0 Å². The summed E-state index contributed by atoms with van der Waals surface area (Å²) in [5, 5.41) is 20.9. The number of aromatic nitrogens is 1. The Labute approximate surface area is 118 Å². The van der Waals surface area contributed by atoms with E-state index in [0.717, 1.165) is 16.6 Å². The Balaban J connectivity index is 0.000000956. The zero-order chi connectivity index (χ0) is 15.5. The molecule has 0 saturated heterocycles. The monoisotopic (exact) mass is 278 g/mol. The minimum Gasteiger partial charge on any atom is -0.392 e. The normalized spacial score (nSPS) is 11.1. The molecule has 110 valence electrons. The van der Waals surface area contributed by atoms with Gasteiger partial charge in [-0.05, 0) is 6.07 Å². The Morgan fingerprint density at radius 3 is 2.30 bits per heavy atom. The predicted molar refractivity (Wildman–Crippen MR) is 80.9 cm³/mol. The number of nitrogens with one attached hydrogen (secondary N) is 1. The largest absolute Gasteiger partial charge is 0.392 e. The van der Waals surface area contributed by atoms with E-state index in [-0.39, 0.29) is 17.7 Å². The average molecular weight is 278 g/mol. The van der Waals surface area contributed by atoms with Crippen molar-refractivity contribution in [2.24, 2.45) is 0 Å². The van der Waals surface area contributed by atoms with E-state index in [9.17, 15) is 15.2 Å². The molecule has 1 aromatic heterocycles.